The SMILES string of the molecule is CC(C)CNNC(=O)[C@@]1(Cc2ccccc2Br)N=C(c2ccc(OCCCO)cc2)O[C@H]1c1ccc(-c2ccccc2)cc1. The smallest absolute Gasteiger partial charge is 0.266 e. The average Bonchev–Trinajstić information content (AvgIpc) is 3.43. The lowest BCUT2D eigenvalue weighted by molar-refractivity contribution is -0.130. The Hall–Kier alpha value is -3.98. The first-order valence-electron chi connectivity index (χ1n) is 14.9. The van der Waals surface area contributed by atoms with E-state index in [0.29, 0.717) is 43.6 Å². The van der Waals surface area contributed by atoms with Crippen molar-refractivity contribution in [3.05, 3.63) is 124 Å². The van der Waals surface area contributed by atoms with Gasteiger partial charge in [-0.2, -0.15) is 0 Å². The Kier molecular flexibility index (Phi) is 10.5. The molecule has 228 valence electrons. The highest BCUT2D eigenvalue weighted by Gasteiger charge is 2.53. The van der Waals surface area contributed by atoms with Crippen LogP contribution in [0.15, 0.2) is 113 Å². The van der Waals surface area contributed by atoms with Crippen LogP contribution in [0.5, 0.6) is 5.75 Å². The molecule has 0 unspecified atom stereocenters. The molecule has 7 nitrogen and oxygen atoms in total. The van der Waals surface area contributed by atoms with Crippen molar-refractivity contribution in [1.29, 1.82) is 0 Å². The van der Waals surface area contributed by atoms with Gasteiger partial charge in [0.05, 0.1) is 6.61 Å². The first-order chi connectivity index (χ1) is 21.4. The molecule has 44 heavy (non-hydrogen) atoms. The van der Waals surface area contributed by atoms with Gasteiger partial charge >= 0.3 is 0 Å². The number of amides is 1. The van der Waals surface area contributed by atoms with E-state index >= 15 is 0 Å². The molecule has 8 heteroatoms. The largest absolute Gasteiger partial charge is 0.494 e. The molecule has 0 bridgehead atoms. The van der Waals surface area contributed by atoms with E-state index in [1.807, 2.05) is 78.9 Å². The van der Waals surface area contributed by atoms with Crippen LogP contribution < -0.4 is 15.6 Å². The van der Waals surface area contributed by atoms with Crippen molar-refractivity contribution in [1.82, 2.24) is 10.9 Å². The topological polar surface area (TPSA) is 92.2 Å². The lowest BCUT2D eigenvalue weighted by Gasteiger charge is -2.31. The molecule has 0 saturated heterocycles. The van der Waals surface area contributed by atoms with E-state index in [9.17, 15) is 4.79 Å². The van der Waals surface area contributed by atoms with Crippen LogP contribution in [0, 0.1) is 5.92 Å². The molecule has 0 radical (unpaired) electrons. The number of nitrogens with one attached hydrogen (secondary N) is 2. The molecule has 0 aromatic heterocycles. The summed E-state index contributed by atoms with van der Waals surface area (Å²) in [6, 6.07) is 33.7. The zero-order valence-electron chi connectivity index (χ0n) is 25.0. The number of hydrazine groups is 1. The number of aliphatic hydroxyl groups excluding tert-OH is 1. The predicted octanol–water partition coefficient (Wildman–Crippen LogP) is 6.65. The fourth-order valence-corrected chi connectivity index (χ4v) is 5.56. The summed E-state index contributed by atoms with van der Waals surface area (Å²) >= 11 is 3.69. The summed E-state index contributed by atoms with van der Waals surface area (Å²) < 4.78 is 13.3. The number of carbonyl (C=O) groups excluding carboxylic acids is 1. The van der Waals surface area contributed by atoms with Gasteiger partial charge in [-0.3, -0.25) is 10.2 Å². The van der Waals surface area contributed by atoms with Gasteiger partial charge in [0, 0.05) is 36.0 Å². The predicted molar refractivity (Wildman–Crippen MR) is 177 cm³/mol. The van der Waals surface area contributed by atoms with Crippen molar-refractivity contribution in [2.24, 2.45) is 10.9 Å². The van der Waals surface area contributed by atoms with E-state index in [2.05, 4.69) is 64.9 Å². The van der Waals surface area contributed by atoms with Crippen molar-refractivity contribution in [3.63, 3.8) is 0 Å². The molecule has 1 aliphatic heterocycles. The number of aliphatic hydroxyl groups is 1. The fourth-order valence-electron chi connectivity index (χ4n) is 5.14. The number of hydrogen-bond donors (Lipinski definition) is 3. The van der Waals surface area contributed by atoms with Crippen molar-refractivity contribution in [2.75, 3.05) is 19.8 Å². The van der Waals surface area contributed by atoms with Crippen LogP contribution in [-0.2, 0) is 16.0 Å². The number of halogens is 1. The Morgan fingerprint density at radius 1 is 0.932 bits per heavy atom. The van der Waals surface area contributed by atoms with Gasteiger partial charge in [-0.25, -0.2) is 10.4 Å². The minimum absolute atomic E-state index is 0.0736. The zero-order valence-corrected chi connectivity index (χ0v) is 26.6. The summed E-state index contributed by atoms with van der Waals surface area (Å²) in [7, 11) is 0. The molecular formula is C36H38BrN3O4. The maximum atomic E-state index is 14.3. The van der Waals surface area contributed by atoms with E-state index in [4.69, 9.17) is 19.6 Å². The molecule has 1 amide bonds. The minimum atomic E-state index is -1.31. The van der Waals surface area contributed by atoms with Crippen LogP contribution in [-0.4, -0.2) is 42.2 Å². The maximum Gasteiger partial charge on any atom is 0.266 e. The summed E-state index contributed by atoms with van der Waals surface area (Å²) in [6.07, 6.45) is 0.163. The number of ether oxygens (including phenoxy) is 2. The third-order valence-electron chi connectivity index (χ3n) is 7.48. The van der Waals surface area contributed by atoms with E-state index in [1.165, 1.54) is 0 Å². The van der Waals surface area contributed by atoms with Crippen LogP contribution in [0.25, 0.3) is 11.1 Å². The Labute approximate surface area is 267 Å². The molecule has 0 fully saturated rings. The van der Waals surface area contributed by atoms with Crippen molar-refractivity contribution in [2.45, 2.75) is 38.3 Å². The first-order valence-corrected chi connectivity index (χ1v) is 15.7. The Morgan fingerprint density at radius 2 is 1.59 bits per heavy atom. The molecule has 1 aliphatic rings. The lowest BCUT2D eigenvalue weighted by Crippen LogP contribution is -2.54. The number of carbonyl (C=O) groups is 1. The number of rotatable bonds is 13. The van der Waals surface area contributed by atoms with Crippen molar-refractivity contribution < 1.29 is 19.4 Å². The second-order valence-corrected chi connectivity index (χ2v) is 12.1. The highest BCUT2D eigenvalue weighted by Crippen LogP contribution is 2.43. The molecule has 4 aromatic rings. The molecule has 1 heterocycles. The summed E-state index contributed by atoms with van der Waals surface area (Å²) in [5.41, 5.74) is 9.46. The summed E-state index contributed by atoms with van der Waals surface area (Å²) in [5, 5.41) is 9.07. The van der Waals surface area contributed by atoms with Crippen molar-refractivity contribution in [3.8, 4) is 16.9 Å². The van der Waals surface area contributed by atoms with Gasteiger partial charge in [-0.05, 0) is 58.5 Å². The molecule has 4 aromatic carbocycles. The fraction of sp³-hybridized carbons (Fsp3) is 0.278. The number of nitrogens with zero attached hydrogens (tertiary/aromatic N) is 1. The van der Waals surface area contributed by atoms with E-state index in [0.717, 1.165) is 32.3 Å². The summed E-state index contributed by atoms with van der Waals surface area (Å²) in [5.74, 6) is 1.14. The molecule has 3 N–H and O–H groups in total. The number of benzene rings is 4. The van der Waals surface area contributed by atoms with E-state index in [1.54, 1.807) is 0 Å². The van der Waals surface area contributed by atoms with Gasteiger partial charge < -0.3 is 14.6 Å². The Morgan fingerprint density at radius 3 is 2.27 bits per heavy atom. The third kappa shape index (κ3) is 7.38. The maximum absolute atomic E-state index is 14.3. The average molecular weight is 657 g/mol. The van der Waals surface area contributed by atoms with Crippen molar-refractivity contribution >= 4 is 27.7 Å². The standard InChI is InChI=1S/C36H38BrN3O4/c1-25(2)24-38-40-35(42)36(23-30-11-6-7-12-32(30)37)33(28-15-13-27(14-16-28)26-9-4-3-5-10-26)44-34(39-36)29-17-19-31(20-18-29)43-22-8-21-41/h3-7,9-20,25,33,38,41H,8,21-24H2,1-2H3,(H,40,42)/t33-,36-/m0/s1. The van der Waals surface area contributed by atoms with Crippen LogP contribution in [0.4, 0.5) is 0 Å². The van der Waals surface area contributed by atoms with Crippen LogP contribution >= 0.6 is 15.9 Å². The zero-order chi connectivity index (χ0) is 30.9. The lowest BCUT2D eigenvalue weighted by atomic mass is 9.82. The van der Waals surface area contributed by atoms with Crippen LogP contribution in [0.3, 0.4) is 0 Å². The molecule has 0 aliphatic carbocycles. The van der Waals surface area contributed by atoms with Crippen LogP contribution in [0.2, 0.25) is 0 Å². The minimum Gasteiger partial charge on any atom is -0.494 e. The molecule has 2 atom stereocenters. The highest BCUT2D eigenvalue weighted by molar-refractivity contribution is 9.10. The molecular weight excluding hydrogens is 618 g/mol. The summed E-state index contributed by atoms with van der Waals surface area (Å²) in [4.78, 5) is 19.4. The van der Waals surface area contributed by atoms with Gasteiger partial charge in [0.2, 0.25) is 5.90 Å². The first kappa shape index (κ1) is 31.4. The van der Waals surface area contributed by atoms with Gasteiger partial charge in [-0.15, -0.1) is 0 Å². The van der Waals surface area contributed by atoms with E-state index in [-0.39, 0.29) is 12.5 Å². The van der Waals surface area contributed by atoms with Gasteiger partial charge in [0.15, 0.2) is 11.6 Å². The molecule has 0 spiro atoms. The van der Waals surface area contributed by atoms with E-state index < -0.39 is 11.6 Å². The number of aliphatic imine (C=N–C) groups is 1. The van der Waals surface area contributed by atoms with Crippen LogP contribution in [0.1, 0.15) is 43.1 Å². The molecule has 0 saturated carbocycles. The summed E-state index contributed by atoms with van der Waals surface area (Å²) in [6.45, 7) is 5.28. The van der Waals surface area contributed by atoms with Gasteiger partial charge in [0.25, 0.3) is 5.91 Å². The van der Waals surface area contributed by atoms with Gasteiger partial charge in [0.1, 0.15) is 5.75 Å². The Bertz CT molecular complexity index is 1560. The molecule has 5 rings (SSSR count). The van der Waals surface area contributed by atoms with Gasteiger partial charge in [-0.1, -0.05) is 103 Å². The highest BCUT2D eigenvalue weighted by atomic mass is 79.9. The quantitative estimate of drug-likeness (QED) is 0.111. The normalized spacial score (nSPS) is 17.7. The second kappa shape index (κ2) is 14.7. The number of hydrogen-bond acceptors (Lipinski definition) is 6. The Balaban J connectivity index is 1.56. The second-order valence-electron chi connectivity index (χ2n) is 11.3. The monoisotopic (exact) mass is 655 g/mol. The third-order valence-corrected chi connectivity index (χ3v) is 8.25.